The van der Waals surface area contributed by atoms with Crippen LogP contribution in [0.25, 0.3) is 0 Å². The van der Waals surface area contributed by atoms with Crippen molar-refractivity contribution in [3.63, 3.8) is 0 Å². The molecule has 1 saturated heterocycles. The molecule has 1 fully saturated rings. The number of carbonyl (C=O) groups excluding carboxylic acids is 1. The molecule has 1 aliphatic rings. The first-order chi connectivity index (χ1) is 13.9. The van der Waals surface area contributed by atoms with E-state index >= 15 is 0 Å². The number of rotatable bonds is 8. The Hall–Kier alpha value is -2.18. The number of benzene rings is 2. The quantitative estimate of drug-likeness (QED) is 0.718. The lowest BCUT2D eigenvalue weighted by Crippen LogP contribution is -2.29. The van der Waals surface area contributed by atoms with Crippen LogP contribution in [0.1, 0.15) is 42.4 Å². The van der Waals surface area contributed by atoms with Gasteiger partial charge in [0.25, 0.3) is 0 Å². The van der Waals surface area contributed by atoms with Crippen LogP contribution < -0.4 is 5.32 Å². The van der Waals surface area contributed by atoms with Gasteiger partial charge < -0.3 is 5.32 Å². The van der Waals surface area contributed by atoms with E-state index in [0.29, 0.717) is 6.54 Å². The summed E-state index contributed by atoms with van der Waals surface area (Å²) in [4.78, 5) is 14.8. The number of nitrogens with one attached hydrogen (secondary N) is 1. The predicted octanol–water partition coefficient (Wildman–Crippen LogP) is 3.46. The van der Waals surface area contributed by atoms with Crippen molar-refractivity contribution in [1.29, 1.82) is 0 Å². The molecule has 6 heteroatoms. The molecule has 1 aliphatic heterocycles. The number of carbonyl (C=O) groups is 1. The van der Waals surface area contributed by atoms with Crippen LogP contribution in [0.4, 0.5) is 0 Å². The number of likely N-dealkylation sites (tertiary alicyclic amines) is 1. The zero-order chi connectivity index (χ0) is 20.7. The van der Waals surface area contributed by atoms with Crippen molar-refractivity contribution in [2.75, 3.05) is 18.8 Å². The van der Waals surface area contributed by atoms with Gasteiger partial charge in [0.1, 0.15) is 0 Å². The molecule has 0 bridgehead atoms. The average molecular weight is 415 g/mol. The second-order valence-corrected chi connectivity index (χ2v) is 9.92. The van der Waals surface area contributed by atoms with Crippen molar-refractivity contribution in [1.82, 2.24) is 10.2 Å². The Morgan fingerprint density at radius 2 is 1.55 bits per heavy atom. The Balaban J connectivity index is 1.43. The molecule has 29 heavy (non-hydrogen) atoms. The van der Waals surface area contributed by atoms with E-state index < -0.39 is 9.84 Å². The van der Waals surface area contributed by atoms with Crippen LogP contribution in [-0.2, 0) is 27.7 Å². The van der Waals surface area contributed by atoms with Gasteiger partial charge in [-0.1, -0.05) is 48.4 Å². The number of hydrogen-bond acceptors (Lipinski definition) is 4. The predicted molar refractivity (Wildman–Crippen MR) is 115 cm³/mol. The van der Waals surface area contributed by atoms with Gasteiger partial charge in [-0.2, -0.15) is 0 Å². The van der Waals surface area contributed by atoms with Crippen molar-refractivity contribution in [3.05, 3.63) is 65.2 Å². The first-order valence-corrected chi connectivity index (χ1v) is 11.9. The van der Waals surface area contributed by atoms with Crippen molar-refractivity contribution in [3.8, 4) is 0 Å². The van der Waals surface area contributed by atoms with Crippen LogP contribution in [0.3, 0.4) is 0 Å². The molecule has 0 radical (unpaired) electrons. The van der Waals surface area contributed by atoms with Crippen LogP contribution in [-0.4, -0.2) is 38.1 Å². The monoisotopic (exact) mass is 414 g/mol. The van der Waals surface area contributed by atoms with Crippen LogP contribution in [0, 0.1) is 6.92 Å². The Morgan fingerprint density at radius 3 is 2.21 bits per heavy atom. The molecule has 3 rings (SSSR count). The second kappa shape index (κ2) is 10.0. The number of hydrogen-bond donors (Lipinski definition) is 1. The summed E-state index contributed by atoms with van der Waals surface area (Å²) < 4.78 is 24.7. The van der Waals surface area contributed by atoms with Crippen molar-refractivity contribution >= 4 is 15.7 Å². The van der Waals surface area contributed by atoms with Crippen LogP contribution >= 0.6 is 0 Å². The molecule has 2 aromatic carbocycles. The molecule has 0 spiro atoms. The molecular formula is C23H30N2O3S. The zero-order valence-corrected chi connectivity index (χ0v) is 17.9. The van der Waals surface area contributed by atoms with Crippen molar-refractivity contribution in [2.45, 2.75) is 50.6 Å². The van der Waals surface area contributed by atoms with Gasteiger partial charge in [-0.15, -0.1) is 0 Å². The normalized spacial score (nSPS) is 15.2. The minimum Gasteiger partial charge on any atom is -0.352 e. The Kier molecular flexibility index (Phi) is 7.45. The summed E-state index contributed by atoms with van der Waals surface area (Å²) in [6.45, 7) is 5.63. The Bertz CT molecular complexity index is 900. The SMILES string of the molecule is Cc1ccc(S(=O)(=O)CCC(=O)NCc2ccc(CN3CCCCC3)cc2)cc1. The molecule has 0 atom stereocenters. The first-order valence-electron chi connectivity index (χ1n) is 10.3. The van der Waals surface area contributed by atoms with Crippen LogP contribution in [0.5, 0.6) is 0 Å². The molecule has 0 aromatic heterocycles. The fraction of sp³-hybridized carbons (Fsp3) is 0.435. The highest BCUT2D eigenvalue weighted by molar-refractivity contribution is 7.91. The van der Waals surface area contributed by atoms with E-state index in [-0.39, 0.29) is 23.0 Å². The van der Waals surface area contributed by atoms with Gasteiger partial charge in [0.2, 0.25) is 5.91 Å². The number of amides is 1. The molecule has 5 nitrogen and oxygen atoms in total. The van der Waals surface area contributed by atoms with Gasteiger partial charge in [0, 0.05) is 19.5 Å². The van der Waals surface area contributed by atoms with E-state index in [9.17, 15) is 13.2 Å². The summed E-state index contributed by atoms with van der Waals surface area (Å²) in [5.41, 5.74) is 3.30. The Morgan fingerprint density at radius 1 is 0.931 bits per heavy atom. The highest BCUT2D eigenvalue weighted by Gasteiger charge is 2.16. The molecule has 1 amide bonds. The number of nitrogens with zero attached hydrogens (tertiary/aromatic N) is 1. The van der Waals surface area contributed by atoms with Gasteiger partial charge in [0.15, 0.2) is 9.84 Å². The van der Waals surface area contributed by atoms with E-state index in [1.165, 1.54) is 37.9 Å². The minimum absolute atomic E-state index is 0.0384. The second-order valence-electron chi connectivity index (χ2n) is 7.81. The fourth-order valence-corrected chi connectivity index (χ4v) is 4.76. The van der Waals surface area contributed by atoms with Crippen LogP contribution in [0.15, 0.2) is 53.4 Å². The van der Waals surface area contributed by atoms with E-state index in [4.69, 9.17) is 0 Å². The average Bonchev–Trinajstić information content (AvgIpc) is 2.73. The molecule has 0 unspecified atom stereocenters. The summed E-state index contributed by atoms with van der Waals surface area (Å²) in [7, 11) is -3.44. The van der Waals surface area contributed by atoms with E-state index in [2.05, 4.69) is 22.3 Å². The third-order valence-electron chi connectivity index (χ3n) is 5.35. The highest BCUT2D eigenvalue weighted by Crippen LogP contribution is 2.14. The standard InChI is InChI=1S/C23H30N2O3S/c1-19-5-11-22(12-6-19)29(27,28)16-13-23(26)24-17-20-7-9-21(10-8-20)18-25-14-3-2-4-15-25/h5-12H,2-4,13-18H2,1H3,(H,24,26). The van der Waals surface area contributed by atoms with Gasteiger partial charge in [-0.05, 0) is 56.1 Å². The van der Waals surface area contributed by atoms with Gasteiger partial charge in [0.05, 0.1) is 10.6 Å². The number of aryl methyl sites for hydroxylation is 1. The number of sulfone groups is 1. The summed E-state index contributed by atoms with van der Waals surface area (Å²) in [5, 5.41) is 2.82. The third-order valence-corrected chi connectivity index (χ3v) is 7.08. The topological polar surface area (TPSA) is 66.5 Å². The third kappa shape index (κ3) is 6.68. The molecule has 2 aromatic rings. The van der Waals surface area contributed by atoms with Crippen molar-refractivity contribution < 1.29 is 13.2 Å². The summed E-state index contributed by atoms with van der Waals surface area (Å²) >= 11 is 0. The summed E-state index contributed by atoms with van der Waals surface area (Å²) in [6.07, 6.45) is 3.86. The zero-order valence-electron chi connectivity index (χ0n) is 17.1. The Labute approximate surface area is 174 Å². The fourth-order valence-electron chi connectivity index (χ4n) is 3.52. The van der Waals surface area contributed by atoms with Crippen molar-refractivity contribution in [2.24, 2.45) is 0 Å². The molecular weight excluding hydrogens is 384 g/mol. The van der Waals surface area contributed by atoms with Gasteiger partial charge in [-0.3, -0.25) is 9.69 Å². The maximum atomic E-state index is 12.3. The molecule has 0 saturated carbocycles. The number of piperidine rings is 1. The van der Waals surface area contributed by atoms with Crippen LogP contribution in [0.2, 0.25) is 0 Å². The molecule has 0 aliphatic carbocycles. The lowest BCUT2D eigenvalue weighted by Gasteiger charge is -2.26. The van der Waals surface area contributed by atoms with Gasteiger partial charge >= 0.3 is 0 Å². The lowest BCUT2D eigenvalue weighted by molar-refractivity contribution is -0.120. The lowest BCUT2D eigenvalue weighted by atomic mass is 10.1. The smallest absolute Gasteiger partial charge is 0.221 e. The van der Waals surface area contributed by atoms with Gasteiger partial charge in [-0.25, -0.2) is 8.42 Å². The highest BCUT2D eigenvalue weighted by atomic mass is 32.2. The minimum atomic E-state index is -3.44. The maximum Gasteiger partial charge on any atom is 0.221 e. The molecule has 1 heterocycles. The van der Waals surface area contributed by atoms with E-state index in [1.807, 2.05) is 19.1 Å². The maximum absolute atomic E-state index is 12.3. The van der Waals surface area contributed by atoms with E-state index in [1.54, 1.807) is 24.3 Å². The summed E-state index contributed by atoms with van der Waals surface area (Å²) in [5.74, 6) is -0.436. The molecule has 156 valence electrons. The first kappa shape index (κ1) is 21.5. The largest absolute Gasteiger partial charge is 0.352 e. The summed E-state index contributed by atoms with van der Waals surface area (Å²) in [6, 6.07) is 15.0. The van der Waals surface area contributed by atoms with E-state index in [0.717, 1.165) is 17.7 Å². The molecule has 1 N–H and O–H groups in total.